The van der Waals surface area contributed by atoms with Crippen molar-refractivity contribution in [2.45, 2.75) is 0 Å². The number of halogens is 1. The monoisotopic (exact) mass is 416 g/mol. The summed E-state index contributed by atoms with van der Waals surface area (Å²) in [5.41, 5.74) is 0.974. The number of nitrogens with one attached hydrogen (secondary N) is 2. The Kier molecular flexibility index (Phi) is 5.87. The van der Waals surface area contributed by atoms with Crippen molar-refractivity contribution in [2.24, 2.45) is 0 Å². The summed E-state index contributed by atoms with van der Waals surface area (Å²) in [6.45, 7) is 0. The van der Waals surface area contributed by atoms with Crippen LogP contribution in [0.1, 0.15) is 10.4 Å². The molecule has 6 nitrogen and oxygen atoms in total. The van der Waals surface area contributed by atoms with Crippen LogP contribution in [-0.4, -0.2) is 20.6 Å². The highest BCUT2D eigenvalue weighted by atomic mass is 35.5. The van der Waals surface area contributed by atoms with E-state index < -0.39 is 15.9 Å². The van der Waals surface area contributed by atoms with Crippen LogP contribution in [0, 0.1) is 0 Å². The highest BCUT2D eigenvalue weighted by Crippen LogP contribution is 2.25. The van der Waals surface area contributed by atoms with Crippen molar-refractivity contribution >= 4 is 38.9 Å². The first kappa shape index (κ1) is 19.7. The Morgan fingerprint density at radius 3 is 2.21 bits per heavy atom. The molecule has 0 aliphatic heterocycles. The Labute approximate surface area is 168 Å². The van der Waals surface area contributed by atoms with Gasteiger partial charge < -0.3 is 10.1 Å². The van der Waals surface area contributed by atoms with Crippen LogP contribution in [-0.2, 0) is 10.0 Å². The van der Waals surface area contributed by atoms with Gasteiger partial charge in [0.25, 0.3) is 5.91 Å². The molecule has 0 saturated carbocycles. The van der Waals surface area contributed by atoms with Gasteiger partial charge in [0.2, 0.25) is 10.0 Å². The summed E-state index contributed by atoms with van der Waals surface area (Å²) in [7, 11) is -3.51. The highest BCUT2D eigenvalue weighted by molar-refractivity contribution is 7.92. The van der Waals surface area contributed by atoms with E-state index in [1.807, 2.05) is 30.3 Å². The second kappa shape index (κ2) is 8.33. The zero-order valence-electron chi connectivity index (χ0n) is 14.8. The Morgan fingerprint density at radius 2 is 1.57 bits per heavy atom. The van der Waals surface area contributed by atoms with Crippen molar-refractivity contribution in [1.82, 2.24) is 0 Å². The first-order valence-electron chi connectivity index (χ1n) is 8.22. The number of sulfonamides is 1. The molecule has 0 fully saturated rings. The average molecular weight is 417 g/mol. The second-order valence-corrected chi connectivity index (χ2v) is 8.12. The summed E-state index contributed by atoms with van der Waals surface area (Å²) < 4.78 is 30.8. The third-order valence-corrected chi connectivity index (χ3v) is 4.54. The lowest BCUT2D eigenvalue weighted by molar-refractivity contribution is 0.102. The van der Waals surface area contributed by atoms with Gasteiger partial charge >= 0.3 is 0 Å². The highest BCUT2D eigenvalue weighted by Gasteiger charge is 2.12. The molecule has 0 atom stereocenters. The molecule has 0 radical (unpaired) electrons. The van der Waals surface area contributed by atoms with Crippen LogP contribution < -0.4 is 14.8 Å². The predicted octanol–water partition coefficient (Wildman–Crippen LogP) is 4.76. The number of hydrogen-bond donors (Lipinski definition) is 2. The molecule has 8 heteroatoms. The van der Waals surface area contributed by atoms with Gasteiger partial charge in [-0.3, -0.25) is 9.52 Å². The van der Waals surface area contributed by atoms with E-state index >= 15 is 0 Å². The summed E-state index contributed by atoms with van der Waals surface area (Å²) in [6.07, 6.45) is 1.01. The van der Waals surface area contributed by atoms with Crippen LogP contribution in [0.15, 0.2) is 72.8 Å². The van der Waals surface area contributed by atoms with Crippen LogP contribution in [0.5, 0.6) is 11.5 Å². The Balaban J connectivity index is 1.70. The number of para-hydroxylation sites is 1. The number of benzene rings is 3. The summed E-state index contributed by atoms with van der Waals surface area (Å²) in [4.78, 5) is 12.5. The van der Waals surface area contributed by atoms with Crippen LogP contribution in [0.25, 0.3) is 0 Å². The minimum absolute atomic E-state index is 0.142. The number of carbonyl (C=O) groups is 1. The zero-order chi connectivity index (χ0) is 20.1. The van der Waals surface area contributed by atoms with Crippen molar-refractivity contribution in [3.63, 3.8) is 0 Å². The van der Waals surface area contributed by atoms with Crippen LogP contribution in [0.2, 0.25) is 5.02 Å². The van der Waals surface area contributed by atoms with E-state index in [4.69, 9.17) is 16.3 Å². The smallest absolute Gasteiger partial charge is 0.255 e. The fourth-order valence-electron chi connectivity index (χ4n) is 2.38. The lowest BCUT2D eigenvalue weighted by Crippen LogP contribution is -2.14. The van der Waals surface area contributed by atoms with E-state index in [1.165, 1.54) is 18.2 Å². The van der Waals surface area contributed by atoms with E-state index in [0.29, 0.717) is 17.2 Å². The van der Waals surface area contributed by atoms with Crippen molar-refractivity contribution in [2.75, 3.05) is 16.3 Å². The second-order valence-electron chi connectivity index (χ2n) is 5.96. The molecule has 0 aliphatic rings. The van der Waals surface area contributed by atoms with Crippen molar-refractivity contribution in [3.8, 4) is 11.5 Å². The van der Waals surface area contributed by atoms with Gasteiger partial charge in [0.1, 0.15) is 11.5 Å². The lowest BCUT2D eigenvalue weighted by Gasteiger charge is -2.10. The van der Waals surface area contributed by atoms with Gasteiger partial charge in [-0.05, 0) is 54.6 Å². The summed E-state index contributed by atoms with van der Waals surface area (Å²) in [6, 6.07) is 20.6. The first-order chi connectivity index (χ1) is 13.3. The maximum absolute atomic E-state index is 12.5. The van der Waals surface area contributed by atoms with Crippen molar-refractivity contribution in [3.05, 3.63) is 83.4 Å². The fraction of sp³-hybridized carbons (Fsp3) is 0.0500. The molecule has 0 spiro atoms. The van der Waals surface area contributed by atoms with E-state index in [1.54, 1.807) is 24.3 Å². The SMILES string of the molecule is CS(=O)(=O)Nc1cc(C(=O)Nc2ccc(Oc3ccccc3)cc2)ccc1Cl. The average Bonchev–Trinajstić information content (AvgIpc) is 2.65. The molecule has 3 rings (SSSR count). The number of hydrogen-bond acceptors (Lipinski definition) is 4. The van der Waals surface area contributed by atoms with Gasteiger partial charge in [-0.1, -0.05) is 29.8 Å². The molecule has 3 aromatic carbocycles. The molecular formula is C20H17ClN2O4S. The van der Waals surface area contributed by atoms with Gasteiger partial charge in [-0.15, -0.1) is 0 Å². The topological polar surface area (TPSA) is 84.5 Å². The standard InChI is InChI=1S/C20H17ClN2O4S/c1-28(25,26)23-19-13-14(7-12-18(19)21)20(24)22-15-8-10-17(11-9-15)27-16-5-3-2-4-6-16/h2-13,23H,1H3,(H,22,24). The summed E-state index contributed by atoms with van der Waals surface area (Å²) in [5.74, 6) is 0.951. The number of ether oxygens (including phenoxy) is 1. The molecule has 0 unspecified atom stereocenters. The van der Waals surface area contributed by atoms with Crippen molar-refractivity contribution < 1.29 is 17.9 Å². The minimum atomic E-state index is -3.51. The number of amides is 1. The molecule has 2 N–H and O–H groups in total. The zero-order valence-corrected chi connectivity index (χ0v) is 16.4. The minimum Gasteiger partial charge on any atom is -0.457 e. The predicted molar refractivity (Wildman–Crippen MR) is 111 cm³/mol. The van der Waals surface area contributed by atoms with Gasteiger partial charge in [0.05, 0.1) is 17.0 Å². The molecule has 144 valence electrons. The number of anilines is 2. The first-order valence-corrected chi connectivity index (χ1v) is 10.5. The van der Waals surface area contributed by atoms with Crippen LogP contribution in [0.3, 0.4) is 0 Å². The van der Waals surface area contributed by atoms with Gasteiger partial charge in [-0.2, -0.15) is 0 Å². The molecule has 1 amide bonds. The van der Waals surface area contributed by atoms with Crippen LogP contribution in [0.4, 0.5) is 11.4 Å². The maximum Gasteiger partial charge on any atom is 0.255 e. The quantitative estimate of drug-likeness (QED) is 0.607. The van der Waals surface area contributed by atoms with Crippen molar-refractivity contribution in [1.29, 1.82) is 0 Å². The molecule has 0 aliphatic carbocycles. The molecule has 0 bridgehead atoms. The molecule has 28 heavy (non-hydrogen) atoms. The Morgan fingerprint density at radius 1 is 0.929 bits per heavy atom. The summed E-state index contributed by atoms with van der Waals surface area (Å²) in [5, 5.41) is 2.94. The number of rotatable bonds is 6. The Hall–Kier alpha value is -3.03. The molecule has 0 saturated heterocycles. The normalized spacial score (nSPS) is 10.9. The summed E-state index contributed by atoms with van der Waals surface area (Å²) >= 11 is 5.98. The van der Waals surface area contributed by atoms with E-state index in [2.05, 4.69) is 10.0 Å². The maximum atomic E-state index is 12.5. The molecule has 0 heterocycles. The molecular weight excluding hydrogens is 400 g/mol. The van der Waals surface area contributed by atoms with Gasteiger partial charge in [0, 0.05) is 11.3 Å². The Bertz CT molecular complexity index is 1080. The molecule has 0 aromatic heterocycles. The fourth-order valence-corrected chi connectivity index (χ4v) is 3.17. The van der Waals surface area contributed by atoms with E-state index in [0.717, 1.165) is 6.26 Å². The van der Waals surface area contributed by atoms with Gasteiger partial charge in [0.15, 0.2) is 0 Å². The lowest BCUT2D eigenvalue weighted by atomic mass is 10.2. The van der Waals surface area contributed by atoms with Gasteiger partial charge in [-0.25, -0.2) is 8.42 Å². The third-order valence-electron chi connectivity index (χ3n) is 3.61. The molecule has 3 aromatic rings. The van der Waals surface area contributed by atoms with Crippen LogP contribution >= 0.6 is 11.6 Å². The van der Waals surface area contributed by atoms with E-state index in [9.17, 15) is 13.2 Å². The largest absolute Gasteiger partial charge is 0.457 e. The van der Waals surface area contributed by atoms with E-state index in [-0.39, 0.29) is 16.3 Å². The number of carbonyl (C=O) groups excluding carboxylic acids is 1. The third kappa shape index (κ3) is 5.48.